The van der Waals surface area contributed by atoms with E-state index in [1.54, 1.807) is 24.3 Å². The largest absolute Gasteiger partial charge is 0.493 e. The Morgan fingerprint density at radius 1 is 1.03 bits per heavy atom. The third-order valence-corrected chi connectivity index (χ3v) is 4.42. The molecule has 0 unspecified atom stereocenters. The van der Waals surface area contributed by atoms with E-state index >= 15 is 0 Å². The third kappa shape index (κ3) is 5.27. The van der Waals surface area contributed by atoms with Gasteiger partial charge in [0.1, 0.15) is 0 Å². The summed E-state index contributed by atoms with van der Waals surface area (Å²) >= 11 is 0. The molecule has 0 aliphatic carbocycles. The zero-order valence-electron chi connectivity index (χ0n) is 16.9. The predicted molar refractivity (Wildman–Crippen MR) is 118 cm³/mol. The van der Waals surface area contributed by atoms with Gasteiger partial charge in [-0.15, -0.1) is 0 Å². The monoisotopic (exact) mass is 398 g/mol. The zero-order valence-corrected chi connectivity index (χ0v) is 16.9. The minimum absolute atomic E-state index is 0.192. The molecule has 5 nitrogen and oxygen atoms in total. The van der Waals surface area contributed by atoms with Gasteiger partial charge in [0.15, 0.2) is 18.1 Å². The molecule has 5 heteroatoms. The number of carbonyl (C=O) groups excluding carboxylic acids is 1. The number of nitrogens with zero attached hydrogens (tertiary/aromatic N) is 1. The molecule has 0 bridgehead atoms. The van der Waals surface area contributed by atoms with Gasteiger partial charge in [-0.3, -0.25) is 4.79 Å². The normalized spacial score (nSPS) is 10.8. The van der Waals surface area contributed by atoms with Gasteiger partial charge >= 0.3 is 0 Å². The number of anilines is 1. The van der Waals surface area contributed by atoms with E-state index in [1.165, 1.54) is 7.11 Å². The van der Waals surface area contributed by atoms with E-state index in [1.807, 2.05) is 61.5 Å². The molecule has 3 aromatic rings. The summed E-state index contributed by atoms with van der Waals surface area (Å²) in [6, 6.07) is 24.5. The van der Waals surface area contributed by atoms with Crippen LogP contribution in [0.25, 0.3) is 11.6 Å². The molecule has 3 rings (SSSR count). The van der Waals surface area contributed by atoms with Crippen molar-refractivity contribution in [2.75, 3.05) is 19.0 Å². The number of benzene rings is 3. The van der Waals surface area contributed by atoms with E-state index in [4.69, 9.17) is 9.47 Å². The molecule has 3 aromatic carbocycles. The van der Waals surface area contributed by atoms with Gasteiger partial charge in [-0.1, -0.05) is 60.2 Å². The number of rotatable bonds is 7. The molecule has 0 radical (unpaired) electrons. The Hall–Kier alpha value is -4.04. The number of hydrogen-bond donors (Lipinski definition) is 1. The number of nitrogens with one attached hydrogen (secondary N) is 1. The van der Waals surface area contributed by atoms with E-state index in [-0.39, 0.29) is 12.5 Å². The molecule has 0 spiro atoms. The molecule has 30 heavy (non-hydrogen) atoms. The van der Waals surface area contributed by atoms with Crippen LogP contribution in [0.2, 0.25) is 0 Å². The molecule has 150 valence electrons. The second-order valence-electron chi connectivity index (χ2n) is 6.62. The van der Waals surface area contributed by atoms with Gasteiger partial charge in [0.05, 0.1) is 18.8 Å². The number of carbonyl (C=O) groups is 1. The summed E-state index contributed by atoms with van der Waals surface area (Å²) in [5.74, 6) is 0.599. The Balaban J connectivity index is 1.84. The lowest BCUT2D eigenvalue weighted by atomic mass is 10.0. The van der Waals surface area contributed by atoms with Gasteiger partial charge in [0, 0.05) is 11.3 Å². The van der Waals surface area contributed by atoms with Crippen molar-refractivity contribution in [1.82, 2.24) is 0 Å². The molecule has 0 fully saturated rings. The highest BCUT2D eigenvalue weighted by Gasteiger charge is 2.13. The Bertz CT molecular complexity index is 1080. The van der Waals surface area contributed by atoms with Crippen molar-refractivity contribution in [2.45, 2.75) is 6.92 Å². The second kappa shape index (κ2) is 9.94. The van der Waals surface area contributed by atoms with Gasteiger partial charge < -0.3 is 14.8 Å². The van der Waals surface area contributed by atoms with E-state index < -0.39 is 0 Å². The molecule has 0 saturated carbocycles. The number of hydrogen-bond acceptors (Lipinski definition) is 4. The number of amides is 1. The fraction of sp³-hybridized carbons (Fsp3) is 0.120. The first-order chi connectivity index (χ1) is 14.6. The molecule has 1 amide bonds. The van der Waals surface area contributed by atoms with Gasteiger partial charge in [0.2, 0.25) is 0 Å². The van der Waals surface area contributed by atoms with E-state index in [0.29, 0.717) is 28.3 Å². The van der Waals surface area contributed by atoms with Crippen LogP contribution in [0.4, 0.5) is 5.69 Å². The maximum atomic E-state index is 12.3. The molecular formula is C25H22N2O3. The lowest BCUT2D eigenvalue weighted by Gasteiger charge is -2.14. The van der Waals surface area contributed by atoms with Crippen LogP contribution in [0.15, 0.2) is 72.8 Å². The second-order valence-corrected chi connectivity index (χ2v) is 6.62. The Morgan fingerprint density at radius 3 is 2.43 bits per heavy atom. The van der Waals surface area contributed by atoms with Crippen LogP contribution in [-0.4, -0.2) is 19.6 Å². The first-order valence-electron chi connectivity index (χ1n) is 9.44. The number of allylic oxidation sites excluding steroid dienone is 1. The quantitative estimate of drug-likeness (QED) is 0.445. The van der Waals surface area contributed by atoms with Gasteiger partial charge in [-0.2, -0.15) is 5.26 Å². The number of aryl methyl sites for hydroxylation is 1. The lowest BCUT2D eigenvalue weighted by molar-refractivity contribution is -0.118. The van der Waals surface area contributed by atoms with Crippen LogP contribution < -0.4 is 14.8 Å². The van der Waals surface area contributed by atoms with Crippen molar-refractivity contribution < 1.29 is 14.3 Å². The summed E-state index contributed by atoms with van der Waals surface area (Å²) in [5.41, 5.74) is 3.75. The molecule has 0 atom stereocenters. The smallest absolute Gasteiger partial charge is 0.262 e. The molecule has 0 aromatic heterocycles. The van der Waals surface area contributed by atoms with Gasteiger partial charge in [-0.05, 0) is 36.8 Å². The van der Waals surface area contributed by atoms with Crippen molar-refractivity contribution in [1.29, 1.82) is 5.26 Å². The first-order valence-corrected chi connectivity index (χ1v) is 9.44. The highest BCUT2D eigenvalue weighted by atomic mass is 16.5. The van der Waals surface area contributed by atoms with E-state index in [9.17, 15) is 10.1 Å². The minimum Gasteiger partial charge on any atom is -0.493 e. The van der Waals surface area contributed by atoms with Gasteiger partial charge in [0.25, 0.3) is 5.91 Å². The standard InChI is InChI=1S/C25H22N2O3/c1-18-11-13-19(14-12-18)21(16-26)15-20-7-6-10-23(29-2)25(20)30-17-24(28)27-22-8-4-3-5-9-22/h3-15H,17H2,1-2H3,(H,27,28)/b21-15-. The van der Waals surface area contributed by atoms with Crippen molar-refractivity contribution >= 4 is 23.2 Å². The number of para-hydroxylation sites is 2. The maximum Gasteiger partial charge on any atom is 0.262 e. The highest BCUT2D eigenvalue weighted by molar-refractivity contribution is 5.93. The summed E-state index contributed by atoms with van der Waals surface area (Å²) in [4.78, 5) is 12.3. The summed E-state index contributed by atoms with van der Waals surface area (Å²) in [7, 11) is 1.53. The molecule has 0 saturated heterocycles. The Morgan fingerprint density at radius 2 is 1.77 bits per heavy atom. The molecule has 0 aliphatic heterocycles. The summed E-state index contributed by atoms with van der Waals surface area (Å²) in [6.07, 6.45) is 1.73. The van der Waals surface area contributed by atoms with E-state index in [0.717, 1.165) is 11.1 Å². The average Bonchev–Trinajstić information content (AvgIpc) is 2.77. The SMILES string of the molecule is COc1cccc(/C=C(/C#N)c2ccc(C)cc2)c1OCC(=O)Nc1ccccc1. The van der Waals surface area contributed by atoms with E-state index in [2.05, 4.69) is 11.4 Å². The number of ether oxygens (including phenoxy) is 2. The van der Waals surface area contributed by atoms with Crippen molar-refractivity contribution in [3.63, 3.8) is 0 Å². The molecular weight excluding hydrogens is 376 g/mol. The van der Waals surface area contributed by atoms with Crippen LogP contribution >= 0.6 is 0 Å². The van der Waals surface area contributed by atoms with Crippen molar-refractivity contribution in [3.8, 4) is 17.6 Å². The average molecular weight is 398 g/mol. The topological polar surface area (TPSA) is 71.3 Å². The van der Waals surface area contributed by atoms with Crippen LogP contribution in [0.3, 0.4) is 0 Å². The van der Waals surface area contributed by atoms with Crippen LogP contribution in [0, 0.1) is 18.3 Å². The highest BCUT2D eigenvalue weighted by Crippen LogP contribution is 2.33. The lowest BCUT2D eigenvalue weighted by Crippen LogP contribution is -2.20. The number of nitriles is 1. The number of methoxy groups -OCH3 is 1. The Kier molecular flexibility index (Phi) is 6.86. The zero-order chi connectivity index (χ0) is 21.3. The fourth-order valence-electron chi connectivity index (χ4n) is 2.89. The predicted octanol–water partition coefficient (Wildman–Crippen LogP) is 5.09. The van der Waals surface area contributed by atoms with Crippen LogP contribution in [-0.2, 0) is 4.79 Å². The Labute approximate surface area is 176 Å². The van der Waals surface area contributed by atoms with Crippen LogP contribution in [0.1, 0.15) is 16.7 Å². The minimum atomic E-state index is -0.291. The fourth-order valence-corrected chi connectivity index (χ4v) is 2.89. The maximum absolute atomic E-state index is 12.3. The summed E-state index contributed by atoms with van der Waals surface area (Å²) in [5, 5.41) is 12.4. The summed E-state index contributed by atoms with van der Waals surface area (Å²) in [6.45, 7) is 1.80. The summed E-state index contributed by atoms with van der Waals surface area (Å²) < 4.78 is 11.2. The third-order valence-electron chi connectivity index (χ3n) is 4.42. The molecule has 0 heterocycles. The van der Waals surface area contributed by atoms with Crippen molar-refractivity contribution in [2.24, 2.45) is 0 Å². The van der Waals surface area contributed by atoms with Crippen molar-refractivity contribution in [3.05, 3.63) is 89.5 Å². The first kappa shape index (κ1) is 20.7. The molecule has 1 N–H and O–H groups in total. The molecule has 0 aliphatic rings. The van der Waals surface area contributed by atoms with Gasteiger partial charge in [-0.25, -0.2) is 0 Å². The van der Waals surface area contributed by atoms with Crippen LogP contribution in [0.5, 0.6) is 11.5 Å².